The monoisotopic (exact) mass is 401 g/mol. The molecule has 2 amide bonds. The highest BCUT2D eigenvalue weighted by Gasteiger charge is 2.48. The number of hydrogen-bond acceptors (Lipinski definition) is 2. The minimum atomic E-state index is -0.356. The van der Waals surface area contributed by atoms with Crippen LogP contribution in [0.25, 0.3) is 11.1 Å². The first kappa shape index (κ1) is 18.8. The van der Waals surface area contributed by atoms with Crippen molar-refractivity contribution in [3.05, 3.63) is 89.7 Å². The molecular formula is C25H24FN3O. The van der Waals surface area contributed by atoms with Gasteiger partial charge in [-0.2, -0.15) is 0 Å². The van der Waals surface area contributed by atoms with Crippen LogP contribution in [0.2, 0.25) is 0 Å². The topological polar surface area (TPSA) is 44.4 Å². The standard InChI is InChI=1S/C25H24FN3O/c1-16-5-2-3-8-21(16)17-9-11-18(12-10-17)24-22-14-29(15-23(24)28-22)25(30)27-20-7-4-6-19(26)13-20/h2-13,22-24,28H,14-15H2,1H3,(H,27,30)/t22-,23+,24?. The summed E-state index contributed by atoms with van der Waals surface area (Å²) in [6.45, 7) is 3.41. The van der Waals surface area contributed by atoms with Gasteiger partial charge < -0.3 is 15.5 Å². The average molecular weight is 401 g/mol. The Hall–Kier alpha value is -3.18. The van der Waals surface area contributed by atoms with Gasteiger partial charge in [0.25, 0.3) is 0 Å². The van der Waals surface area contributed by atoms with Gasteiger partial charge in [-0.25, -0.2) is 9.18 Å². The van der Waals surface area contributed by atoms with Gasteiger partial charge in [-0.1, -0.05) is 54.6 Å². The molecule has 2 N–H and O–H groups in total. The lowest BCUT2D eigenvalue weighted by molar-refractivity contribution is 0.0759. The Labute approximate surface area is 175 Å². The molecule has 3 aliphatic heterocycles. The van der Waals surface area contributed by atoms with E-state index in [1.54, 1.807) is 12.1 Å². The number of rotatable bonds is 3. The van der Waals surface area contributed by atoms with E-state index in [0.717, 1.165) is 0 Å². The summed E-state index contributed by atoms with van der Waals surface area (Å²) in [6, 6.07) is 23.5. The first-order valence-electron chi connectivity index (χ1n) is 10.3. The molecule has 30 heavy (non-hydrogen) atoms. The summed E-state index contributed by atoms with van der Waals surface area (Å²) in [7, 11) is 0. The number of hydrogen-bond donors (Lipinski definition) is 2. The van der Waals surface area contributed by atoms with Crippen molar-refractivity contribution >= 4 is 11.7 Å². The summed E-state index contributed by atoms with van der Waals surface area (Å²) >= 11 is 0. The third-order valence-corrected chi connectivity index (χ3v) is 6.24. The highest BCUT2D eigenvalue weighted by Crippen LogP contribution is 2.38. The Morgan fingerprint density at radius 3 is 2.43 bits per heavy atom. The number of urea groups is 1. The SMILES string of the molecule is Cc1ccccc1-c1ccc(C2[C@@H]3CN(C(=O)Nc4cccc(F)c4)C[C@H]2N3)cc1. The fourth-order valence-corrected chi connectivity index (χ4v) is 4.71. The van der Waals surface area contributed by atoms with Crippen LogP contribution in [-0.4, -0.2) is 36.1 Å². The molecule has 0 radical (unpaired) electrons. The zero-order chi connectivity index (χ0) is 20.7. The van der Waals surface area contributed by atoms with Crippen molar-refractivity contribution in [3.63, 3.8) is 0 Å². The molecule has 3 fully saturated rings. The van der Waals surface area contributed by atoms with Crippen molar-refractivity contribution < 1.29 is 9.18 Å². The number of piperazine rings is 1. The zero-order valence-electron chi connectivity index (χ0n) is 16.8. The minimum Gasteiger partial charge on any atom is -0.321 e. The molecule has 3 aromatic rings. The van der Waals surface area contributed by atoms with Gasteiger partial charge in [0.05, 0.1) is 0 Å². The highest BCUT2D eigenvalue weighted by atomic mass is 19.1. The van der Waals surface area contributed by atoms with Gasteiger partial charge in [0.15, 0.2) is 0 Å². The van der Waals surface area contributed by atoms with E-state index in [1.165, 1.54) is 34.4 Å². The van der Waals surface area contributed by atoms with Crippen LogP contribution in [-0.2, 0) is 0 Å². The van der Waals surface area contributed by atoms with Crippen molar-refractivity contribution in [2.24, 2.45) is 0 Å². The first-order valence-corrected chi connectivity index (χ1v) is 10.3. The normalized spacial score (nSPS) is 22.3. The van der Waals surface area contributed by atoms with E-state index in [1.807, 2.05) is 4.90 Å². The third kappa shape index (κ3) is 3.46. The fourth-order valence-electron chi connectivity index (χ4n) is 4.71. The smallest absolute Gasteiger partial charge is 0.321 e. The van der Waals surface area contributed by atoms with Crippen molar-refractivity contribution in [2.45, 2.75) is 24.9 Å². The van der Waals surface area contributed by atoms with Crippen molar-refractivity contribution in [2.75, 3.05) is 18.4 Å². The van der Waals surface area contributed by atoms with Gasteiger partial charge in [0.2, 0.25) is 0 Å². The van der Waals surface area contributed by atoms with E-state index in [-0.39, 0.29) is 23.9 Å². The van der Waals surface area contributed by atoms with Crippen LogP contribution >= 0.6 is 0 Å². The maximum absolute atomic E-state index is 13.4. The van der Waals surface area contributed by atoms with Crippen molar-refractivity contribution in [1.29, 1.82) is 0 Å². The summed E-state index contributed by atoms with van der Waals surface area (Å²) in [4.78, 5) is 14.4. The Kier molecular flexibility index (Phi) is 4.75. The summed E-state index contributed by atoms with van der Waals surface area (Å²) < 4.78 is 13.4. The molecule has 2 bridgehead atoms. The Bertz CT molecular complexity index is 1070. The Morgan fingerprint density at radius 2 is 1.73 bits per heavy atom. The van der Waals surface area contributed by atoms with E-state index in [2.05, 4.69) is 66.1 Å². The van der Waals surface area contributed by atoms with E-state index in [9.17, 15) is 9.18 Å². The number of carbonyl (C=O) groups excluding carboxylic acids is 1. The maximum atomic E-state index is 13.4. The predicted molar refractivity (Wildman–Crippen MR) is 117 cm³/mol. The molecule has 152 valence electrons. The molecule has 5 heteroatoms. The molecule has 4 nitrogen and oxygen atoms in total. The van der Waals surface area contributed by atoms with Crippen LogP contribution in [0.5, 0.6) is 0 Å². The van der Waals surface area contributed by atoms with Crippen molar-refractivity contribution in [3.8, 4) is 11.1 Å². The Balaban J connectivity index is 1.25. The number of benzene rings is 3. The molecule has 1 unspecified atom stereocenters. The lowest BCUT2D eigenvalue weighted by Crippen LogP contribution is -2.72. The largest absolute Gasteiger partial charge is 0.321 e. The molecular weight excluding hydrogens is 377 g/mol. The van der Waals surface area contributed by atoms with Gasteiger partial charge in [0, 0.05) is 36.8 Å². The maximum Gasteiger partial charge on any atom is 0.321 e. The number of carbonyl (C=O) groups is 1. The molecule has 0 spiro atoms. The van der Waals surface area contributed by atoms with Gasteiger partial charge in [-0.15, -0.1) is 0 Å². The molecule has 3 atom stereocenters. The molecule has 3 heterocycles. The second kappa shape index (κ2) is 7.58. The summed E-state index contributed by atoms with van der Waals surface area (Å²) in [5, 5.41) is 6.36. The zero-order valence-corrected chi connectivity index (χ0v) is 16.8. The number of aryl methyl sites for hydroxylation is 1. The lowest BCUT2D eigenvalue weighted by Gasteiger charge is -2.54. The summed E-state index contributed by atoms with van der Waals surface area (Å²) in [5.74, 6) is 0.0549. The first-order chi connectivity index (χ1) is 14.6. The second-order valence-electron chi connectivity index (χ2n) is 8.19. The number of nitrogens with zero attached hydrogens (tertiary/aromatic N) is 1. The highest BCUT2D eigenvalue weighted by molar-refractivity contribution is 5.89. The fraction of sp³-hybridized carbons (Fsp3) is 0.240. The second-order valence-corrected chi connectivity index (χ2v) is 8.19. The van der Waals surface area contributed by atoms with Crippen LogP contribution in [0.3, 0.4) is 0 Å². The Morgan fingerprint density at radius 1 is 1.00 bits per heavy atom. The van der Waals surface area contributed by atoms with Crippen LogP contribution in [0.4, 0.5) is 14.9 Å². The number of piperidine rings is 1. The van der Waals surface area contributed by atoms with Gasteiger partial charge in [-0.05, 0) is 47.4 Å². The third-order valence-electron chi connectivity index (χ3n) is 6.24. The van der Waals surface area contributed by atoms with E-state index in [0.29, 0.717) is 24.7 Å². The van der Waals surface area contributed by atoms with Crippen LogP contribution in [0.15, 0.2) is 72.8 Å². The molecule has 3 aliphatic rings. The molecule has 0 aromatic heterocycles. The van der Waals surface area contributed by atoms with Gasteiger partial charge in [-0.3, -0.25) is 0 Å². The van der Waals surface area contributed by atoms with Crippen molar-refractivity contribution in [1.82, 2.24) is 10.2 Å². The number of fused-ring (bicyclic) bond motifs is 2. The summed E-state index contributed by atoms with van der Waals surface area (Å²) in [6.07, 6.45) is 0. The van der Waals surface area contributed by atoms with E-state index >= 15 is 0 Å². The number of anilines is 1. The average Bonchev–Trinajstić information content (AvgIpc) is 2.75. The van der Waals surface area contributed by atoms with Crippen LogP contribution < -0.4 is 10.6 Å². The lowest BCUT2D eigenvalue weighted by atomic mass is 9.74. The molecule has 0 aliphatic carbocycles. The van der Waals surface area contributed by atoms with Gasteiger partial charge >= 0.3 is 6.03 Å². The van der Waals surface area contributed by atoms with E-state index in [4.69, 9.17) is 0 Å². The van der Waals surface area contributed by atoms with Crippen LogP contribution in [0, 0.1) is 12.7 Å². The summed E-state index contributed by atoms with van der Waals surface area (Å²) in [5.41, 5.74) is 5.55. The molecule has 6 rings (SSSR count). The number of nitrogens with one attached hydrogen (secondary N) is 2. The van der Waals surface area contributed by atoms with Crippen LogP contribution in [0.1, 0.15) is 17.0 Å². The van der Waals surface area contributed by atoms with E-state index < -0.39 is 0 Å². The number of amides is 2. The number of halogens is 1. The molecule has 3 saturated heterocycles. The molecule has 3 aromatic carbocycles. The predicted octanol–water partition coefficient (Wildman–Crippen LogP) is 4.77. The van der Waals surface area contributed by atoms with Gasteiger partial charge in [0.1, 0.15) is 5.82 Å². The quantitative estimate of drug-likeness (QED) is 0.664. The minimum absolute atomic E-state index is 0.176. The molecule has 0 saturated carbocycles.